The van der Waals surface area contributed by atoms with Crippen LogP contribution in [0, 0.1) is 18.0 Å². The maximum Gasteiger partial charge on any atom is 0.290 e. The van der Waals surface area contributed by atoms with E-state index >= 15 is 0 Å². The molecule has 1 aliphatic rings. The molecule has 1 aromatic carbocycles. The Morgan fingerprint density at radius 1 is 1.21 bits per heavy atom. The number of hydrogen-bond acceptors (Lipinski definition) is 4. The molecule has 0 spiro atoms. The van der Waals surface area contributed by atoms with Gasteiger partial charge in [0.1, 0.15) is 11.4 Å². The molecule has 7 heteroatoms. The molecule has 0 saturated heterocycles. The Bertz CT molecular complexity index is 1130. The molecule has 0 atom stereocenters. The molecule has 28 heavy (non-hydrogen) atoms. The normalized spacial score (nSPS) is 14.9. The van der Waals surface area contributed by atoms with E-state index in [1.165, 1.54) is 19.3 Å². The number of nitrogens with zero attached hydrogens (tertiary/aromatic N) is 1. The monoisotopic (exact) mass is 400 g/mol. The molecule has 0 radical (unpaired) electrons. The molecule has 0 aliphatic heterocycles. The zero-order valence-electron chi connectivity index (χ0n) is 16.1. The van der Waals surface area contributed by atoms with Crippen LogP contribution in [-0.4, -0.2) is 25.8 Å². The minimum atomic E-state index is -3.36. The molecule has 2 heterocycles. The van der Waals surface area contributed by atoms with Crippen LogP contribution in [0.2, 0.25) is 0 Å². The number of aromatic nitrogens is 2. The standard InChI is InChI=1S/C21H24N2O4S/c1-3-28(25,26)16-7-8-20(27-13-15-5-4-6-15)19(12-16)18-11-14(2)23(24)21-17(18)9-10-22-21/h7-12,15,22H,3-6,13H2,1-2H3. The third kappa shape index (κ3) is 3.24. The van der Waals surface area contributed by atoms with Crippen molar-refractivity contribution in [2.45, 2.75) is 38.0 Å². The highest BCUT2D eigenvalue weighted by atomic mass is 32.2. The fourth-order valence-corrected chi connectivity index (χ4v) is 4.47. The van der Waals surface area contributed by atoms with Gasteiger partial charge in [-0.1, -0.05) is 13.3 Å². The second-order valence-electron chi connectivity index (χ2n) is 7.40. The maximum atomic E-state index is 12.5. The second kappa shape index (κ2) is 7.13. The van der Waals surface area contributed by atoms with Crippen molar-refractivity contribution in [2.24, 2.45) is 5.92 Å². The molecule has 1 saturated carbocycles. The summed E-state index contributed by atoms with van der Waals surface area (Å²) < 4.78 is 31.9. The Labute approximate surface area is 164 Å². The van der Waals surface area contributed by atoms with Gasteiger partial charge in [-0.3, -0.25) is 0 Å². The number of aromatic amines is 1. The molecule has 0 amide bonds. The number of nitrogens with one attached hydrogen (secondary N) is 1. The Hall–Kier alpha value is -2.54. The van der Waals surface area contributed by atoms with Crippen molar-refractivity contribution in [3.05, 3.63) is 47.4 Å². The van der Waals surface area contributed by atoms with Crippen molar-refractivity contribution >= 4 is 20.9 Å². The summed E-state index contributed by atoms with van der Waals surface area (Å²) in [5.41, 5.74) is 2.46. The van der Waals surface area contributed by atoms with Crippen LogP contribution in [0.15, 0.2) is 41.4 Å². The predicted octanol–water partition coefficient (Wildman–Crippen LogP) is 3.75. The number of aryl methyl sites for hydroxylation is 1. The van der Waals surface area contributed by atoms with Crippen molar-refractivity contribution in [3.8, 4) is 16.9 Å². The lowest BCUT2D eigenvalue weighted by Crippen LogP contribution is -2.31. The fourth-order valence-electron chi connectivity index (χ4n) is 3.56. The number of benzene rings is 1. The zero-order chi connectivity index (χ0) is 19.9. The van der Waals surface area contributed by atoms with Crippen molar-refractivity contribution in [1.82, 2.24) is 4.98 Å². The fraction of sp³-hybridized carbons (Fsp3) is 0.381. The lowest BCUT2D eigenvalue weighted by molar-refractivity contribution is -0.586. The van der Waals surface area contributed by atoms with Gasteiger partial charge in [0.15, 0.2) is 9.84 Å². The molecule has 1 fully saturated rings. The van der Waals surface area contributed by atoms with E-state index in [4.69, 9.17) is 4.74 Å². The molecule has 4 rings (SSSR count). The Kier molecular flexibility index (Phi) is 4.79. The highest BCUT2D eigenvalue weighted by Gasteiger charge is 2.22. The molecule has 1 N–H and O–H groups in total. The van der Waals surface area contributed by atoms with Gasteiger partial charge in [0, 0.05) is 11.1 Å². The van der Waals surface area contributed by atoms with Gasteiger partial charge in [0.05, 0.1) is 28.8 Å². The van der Waals surface area contributed by atoms with E-state index in [1.54, 1.807) is 44.3 Å². The summed E-state index contributed by atoms with van der Waals surface area (Å²) >= 11 is 0. The number of fused-ring (bicyclic) bond motifs is 1. The summed E-state index contributed by atoms with van der Waals surface area (Å²) in [7, 11) is -3.36. The third-order valence-corrected chi connectivity index (χ3v) is 7.30. The van der Waals surface area contributed by atoms with Crippen molar-refractivity contribution in [3.63, 3.8) is 0 Å². The summed E-state index contributed by atoms with van der Waals surface area (Å²) in [6.45, 7) is 3.99. The van der Waals surface area contributed by atoms with Crippen molar-refractivity contribution < 1.29 is 17.9 Å². The number of rotatable bonds is 6. The number of H-pyrrole nitrogens is 1. The largest absolute Gasteiger partial charge is 0.710 e. The summed E-state index contributed by atoms with van der Waals surface area (Å²) in [5, 5.41) is 13.1. The van der Waals surface area contributed by atoms with Gasteiger partial charge in [0.25, 0.3) is 5.65 Å². The first-order valence-electron chi connectivity index (χ1n) is 9.61. The van der Waals surface area contributed by atoms with E-state index in [0.29, 0.717) is 35.2 Å². The van der Waals surface area contributed by atoms with Crippen LogP contribution in [0.25, 0.3) is 22.2 Å². The molecular weight excluding hydrogens is 376 g/mol. The Morgan fingerprint density at radius 3 is 2.68 bits per heavy atom. The maximum absolute atomic E-state index is 12.5. The van der Waals surface area contributed by atoms with Crippen molar-refractivity contribution in [2.75, 3.05) is 12.4 Å². The van der Waals surface area contributed by atoms with Gasteiger partial charge < -0.3 is 9.94 Å². The smallest absolute Gasteiger partial charge is 0.290 e. The lowest BCUT2D eigenvalue weighted by Gasteiger charge is -2.26. The summed E-state index contributed by atoms with van der Waals surface area (Å²) in [5.74, 6) is 1.23. The van der Waals surface area contributed by atoms with E-state index in [2.05, 4.69) is 4.98 Å². The van der Waals surface area contributed by atoms with E-state index in [1.807, 2.05) is 6.07 Å². The minimum absolute atomic E-state index is 0.0304. The Balaban J connectivity index is 1.88. The zero-order valence-corrected chi connectivity index (χ0v) is 16.9. The van der Waals surface area contributed by atoms with Crippen LogP contribution >= 0.6 is 0 Å². The molecule has 1 aliphatic carbocycles. The molecule has 6 nitrogen and oxygen atoms in total. The van der Waals surface area contributed by atoms with Gasteiger partial charge in [-0.25, -0.2) is 18.1 Å². The van der Waals surface area contributed by atoms with Gasteiger partial charge in [0.2, 0.25) is 0 Å². The van der Waals surface area contributed by atoms with E-state index in [-0.39, 0.29) is 10.6 Å². The molecular formula is C21H24N2O4S. The van der Waals surface area contributed by atoms with E-state index in [0.717, 1.165) is 15.7 Å². The van der Waals surface area contributed by atoms with Gasteiger partial charge in [-0.15, -0.1) is 0 Å². The number of pyridine rings is 1. The average molecular weight is 401 g/mol. The molecule has 0 unspecified atom stereocenters. The van der Waals surface area contributed by atoms with Crippen LogP contribution in [0.3, 0.4) is 0 Å². The van der Waals surface area contributed by atoms with Crippen LogP contribution < -0.4 is 9.47 Å². The van der Waals surface area contributed by atoms with E-state index in [9.17, 15) is 13.6 Å². The first-order valence-corrected chi connectivity index (χ1v) is 11.3. The molecule has 3 aromatic rings. The van der Waals surface area contributed by atoms with Crippen LogP contribution in [0.4, 0.5) is 0 Å². The molecule has 148 valence electrons. The quantitative estimate of drug-likeness (QED) is 0.504. The highest BCUT2D eigenvalue weighted by Crippen LogP contribution is 2.37. The summed E-state index contributed by atoms with van der Waals surface area (Å²) in [4.78, 5) is 3.24. The lowest BCUT2D eigenvalue weighted by atomic mass is 9.86. The van der Waals surface area contributed by atoms with Crippen LogP contribution in [0.1, 0.15) is 31.9 Å². The van der Waals surface area contributed by atoms with Gasteiger partial charge in [-0.2, -0.15) is 0 Å². The highest BCUT2D eigenvalue weighted by molar-refractivity contribution is 7.91. The first-order chi connectivity index (χ1) is 13.4. The van der Waals surface area contributed by atoms with Crippen molar-refractivity contribution in [1.29, 1.82) is 0 Å². The number of hydrogen-bond donors (Lipinski definition) is 1. The minimum Gasteiger partial charge on any atom is -0.710 e. The molecule has 0 bridgehead atoms. The average Bonchev–Trinajstić information content (AvgIpc) is 3.13. The topological polar surface area (TPSA) is 86.1 Å². The van der Waals surface area contributed by atoms with Gasteiger partial charge in [-0.05, 0) is 56.0 Å². The van der Waals surface area contributed by atoms with Crippen LogP contribution in [-0.2, 0) is 9.84 Å². The predicted molar refractivity (Wildman–Crippen MR) is 108 cm³/mol. The summed E-state index contributed by atoms with van der Waals surface area (Å²) in [6, 6.07) is 8.64. The van der Waals surface area contributed by atoms with Crippen LogP contribution in [0.5, 0.6) is 5.75 Å². The SMILES string of the molecule is CCS(=O)(=O)c1ccc(OCC2CCC2)c(-c2cc(C)[n+]([O-])c3[nH]ccc23)c1. The Morgan fingerprint density at radius 2 is 2.00 bits per heavy atom. The van der Waals surface area contributed by atoms with Gasteiger partial charge >= 0.3 is 0 Å². The van der Waals surface area contributed by atoms with E-state index < -0.39 is 9.84 Å². The second-order valence-corrected chi connectivity index (χ2v) is 9.68. The summed E-state index contributed by atoms with van der Waals surface area (Å²) in [6.07, 6.45) is 5.28. The third-order valence-electron chi connectivity index (χ3n) is 5.57. The molecule has 2 aromatic heterocycles. The number of sulfone groups is 1. The first kappa shape index (κ1) is 18.8. The number of ether oxygens (including phenoxy) is 1.